The van der Waals surface area contributed by atoms with Gasteiger partial charge in [0.05, 0.1) is 17.4 Å². The maximum absolute atomic E-state index is 13.2. The highest BCUT2D eigenvalue weighted by Gasteiger charge is 2.40. The number of para-hydroxylation sites is 1. The van der Waals surface area contributed by atoms with Crippen LogP contribution in [-0.2, 0) is 16.2 Å². The molecule has 210 valence electrons. The van der Waals surface area contributed by atoms with Crippen LogP contribution in [0.5, 0.6) is 5.75 Å². The van der Waals surface area contributed by atoms with E-state index in [4.69, 9.17) is 16.3 Å². The fourth-order valence-electron chi connectivity index (χ4n) is 5.12. The molecule has 1 aromatic heterocycles. The number of hydrogen-bond acceptors (Lipinski definition) is 6. The number of nitrogens with one attached hydrogen (secondary N) is 2. The summed E-state index contributed by atoms with van der Waals surface area (Å²) >= 11 is 5.92. The molecule has 0 radical (unpaired) electrons. The zero-order chi connectivity index (χ0) is 28.9. The van der Waals surface area contributed by atoms with E-state index in [0.717, 1.165) is 22.2 Å². The second-order valence-corrected chi connectivity index (χ2v) is 10.4. The Labute approximate surface area is 242 Å². The minimum atomic E-state index is -0.925. The second kappa shape index (κ2) is 12.4. The number of aromatic nitrogens is 1. The van der Waals surface area contributed by atoms with E-state index in [1.807, 2.05) is 37.3 Å². The predicted molar refractivity (Wildman–Crippen MR) is 155 cm³/mol. The van der Waals surface area contributed by atoms with Gasteiger partial charge in [0, 0.05) is 46.0 Å². The number of ether oxygens (including phenoxy) is 1. The topological polar surface area (TPSA) is 121 Å². The number of fused-ring (bicyclic) bond motifs is 1. The van der Waals surface area contributed by atoms with Gasteiger partial charge >= 0.3 is 0 Å². The first-order chi connectivity index (χ1) is 19.8. The highest BCUT2D eigenvalue weighted by molar-refractivity contribution is 6.30. The number of hydroxylamine groups is 1. The van der Waals surface area contributed by atoms with Crippen LogP contribution >= 0.6 is 11.6 Å². The lowest BCUT2D eigenvalue weighted by Gasteiger charge is -2.36. The molecule has 2 heterocycles. The summed E-state index contributed by atoms with van der Waals surface area (Å²) in [4.78, 5) is 44.7. The Morgan fingerprint density at radius 3 is 2.46 bits per heavy atom. The minimum Gasteiger partial charge on any atom is -0.489 e. The molecular formula is C31H29ClN4O5. The Balaban J connectivity index is 1.22. The summed E-state index contributed by atoms with van der Waals surface area (Å²) in [6.07, 6.45) is 0.254. The number of piperidine rings is 1. The van der Waals surface area contributed by atoms with Crippen molar-refractivity contribution in [2.45, 2.75) is 20.0 Å². The molecule has 0 aliphatic carbocycles. The highest BCUT2D eigenvalue weighted by Crippen LogP contribution is 2.28. The Bertz CT molecular complexity index is 1580. The number of hydrogen-bond donors (Lipinski definition) is 3. The number of benzene rings is 3. The van der Waals surface area contributed by atoms with Crippen molar-refractivity contribution in [1.29, 1.82) is 0 Å². The molecule has 2 atom stereocenters. The van der Waals surface area contributed by atoms with E-state index in [0.29, 0.717) is 28.6 Å². The molecule has 1 unspecified atom stereocenters. The lowest BCUT2D eigenvalue weighted by Crippen LogP contribution is -2.51. The third-order valence-electron chi connectivity index (χ3n) is 7.22. The van der Waals surface area contributed by atoms with Crippen LogP contribution in [-0.4, -0.2) is 45.9 Å². The lowest BCUT2D eigenvalue weighted by molar-refractivity contribution is -0.141. The molecule has 0 bridgehead atoms. The third kappa shape index (κ3) is 6.48. The Morgan fingerprint density at radius 1 is 1.00 bits per heavy atom. The Morgan fingerprint density at radius 2 is 1.73 bits per heavy atom. The molecule has 1 aliphatic heterocycles. The van der Waals surface area contributed by atoms with E-state index in [9.17, 15) is 19.6 Å². The molecule has 5 rings (SSSR count). The van der Waals surface area contributed by atoms with Gasteiger partial charge in [-0.15, -0.1) is 0 Å². The van der Waals surface area contributed by atoms with Crippen molar-refractivity contribution >= 4 is 45.9 Å². The lowest BCUT2D eigenvalue weighted by atomic mass is 9.83. The first kappa shape index (κ1) is 28.1. The number of aryl methyl sites for hydroxylation is 1. The summed E-state index contributed by atoms with van der Waals surface area (Å²) in [6.45, 7) is 2.58. The van der Waals surface area contributed by atoms with Crippen molar-refractivity contribution in [2.75, 3.05) is 18.4 Å². The van der Waals surface area contributed by atoms with Crippen LogP contribution in [0.3, 0.4) is 0 Å². The summed E-state index contributed by atoms with van der Waals surface area (Å²) in [6, 6.07) is 23.3. The molecule has 3 amide bonds. The molecule has 3 aromatic carbocycles. The molecule has 3 N–H and O–H groups in total. The quantitative estimate of drug-likeness (QED) is 0.212. The van der Waals surface area contributed by atoms with Gasteiger partial charge in [-0.3, -0.25) is 24.6 Å². The number of pyridine rings is 1. The number of rotatable bonds is 7. The summed E-state index contributed by atoms with van der Waals surface area (Å²) < 4.78 is 6.01. The van der Waals surface area contributed by atoms with Crippen LogP contribution in [0.15, 0.2) is 78.9 Å². The van der Waals surface area contributed by atoms with Gasteiger partial charge in [0.25, 0.3) is 5.91 Å². The van der Waals surface area contributed by atoms with Gasteiger partial charge in [-0.05, 0) is 74.0 Å². The molecule has 0 saturated carbocycles. The molecule has 1 aliphatic rings. The second-order valence-electron chi connectivity index (χ2n) is 9.98. The Hall–Kier alpha value is -4.47. The van der Waals surface area contributed by atoms with Gasteiger partial charge in [-0.1, -0.05) is 29.8 Å². The van der Waals surface area contributed by atoms with E-state index in [1.165, 1.54) is 4.90 Å². The van der Waals surface area contributed by atoms with Crippen molar-refractivity contribution in [1.82, 2.24) is 15.4 Å². The van der Waals surface area contributed by atoms with E-state index in [-0.39, 0.29) is 31.3 Å². The largest absolute Gasteiger partial charge is 0.489 e. The Kier molecular flexibility index (Phi) is 8.47. The maximum atomic E-state index is 13.2. The van der Waals surface area contributed by atoms with Crippen LogP contribution in [0.1, 0.15) is 28.0 Å². The van der Waals surface area contributed by atoms with Crippen LogP contribution in [0.25, 0.3) is 10.9 Å². The normalized spacial score (nSPS) is 16.7. The van der Waals surface area contributed by atoms with Crippen LogP contribution in [0.2, 0.25) is 5.02 Å². The standard InChI is InChI=1S/C31H29ClN4O5/c1-19-16-21(25-4-2-3-5-28(25)33-19)18-41-24-12-10-23(11-13-24)34-29(37)26-14-15-36(17-27(26)30(38)35-40)31(39)20-6-8-22(32)9-7-20/h2-13,16,26-27,40H,14-15,17-18H2,1H3,(H,34,37)(H,35,38)/t26?,27-/m0/s1. The van der Waals surface area contributed by atoms with Crippen molar-refractivity contribution in [3.05, 3.63) is 101 Å². The van der Waals surface area contributed by atoms with Crippen LogP contribution in [0, 0.1) is 18.8 Å². The molecule has 1 saturated heterocycles. The number of likely N-dealkylation sites (tertiary alicyclic amines) is 1. The van der Waals surface area contributed by atoms with E-state index in [1.54, 1.807) is 54.0 Å². The van der Waals surface area contributed by atoms with Crippen LogP contribution in [0.4, 0.5) is 5.69 Å². The molecule has 0 spiro atoms. The first-order valence-corrected chi connectivity index (χ1v) is 13.6. The molecule has 9 nitrogen and oxygen atoms in total. The van der Waals surface area contributed by atoms with Gasteiger partial charge in [0.15, 0.2) is 0 Å². The van der Waals surface area contributed by atoms with Crippen molar-refractivity contribution in [3.8, 4) is 5.75 Å². The molecule has 41 heavy (non-hydrogen) atoms. The van der Waals surface area contributed by atoms with Crippen molar-refractivity contribution < 1.29 is 24.3 Å². The third-order valence-corrected chi connectivity index (χ3v) is 7.47. The van der Waals surface area contributed by atoms with Gasteiger partial charge < -0.3 is 15.0 Å². The molecule has 4 aromatic rings. The monoisotopic (exact) mass is 572 g/mol. The minimum absolute atomic E-state index is 0.0120. The van der Waals surface area contributed by atoms with Gasteiger partial charge in [0.2, 0.25) is 11.8 Å². The van der Waals surface area contributed by atoms with E-state index < -0.39 is 17.7 Å². The van der Waals surface area contributed by atoms with E-state index in [2.05, 4.69) is 10.3 Å². The SMILES string of the molecule is Cc1cc(COc2ccc(NC(=O)C3CCN(C(=O)c4ccc(Cl)cc4)C[C@@H]3C(=O)NO)cc2)c2ccccc2n1. The number of amides is 3. The summed E-state index contributed by atoms with van der Waals surface area (Å²) in [7, 11) is 0. The smallest absolute Gasteiger partial charge is 0.253 e. The highest BCUT2D eigenvalue weighted by atomic mass is 35.5. The predicted octanol–water partition coefficient (Wildman–Crippen LogP) is 5.00. The molecule has 1 fully saturated rings. The number of halogens is 1. The summed E-state index contributed by atoms with van der Waals surface area (Å²) in [5.74, 6) is -2.40. The summed E-state index contributed by atoms with van der Waals surface area (Å²) in [5, 5.41) is 13.7. The fraction of sp³-hybridized carbons (Fsp3) is 0.226. The van der Waals surface area contributed by atoms with Gasteiger partial charge in [0.1, 0.15) is 12.4 Å². The number of nitrogens with zero attached hydrogens (tertiary/aromatic N) is 2. The average Bonchev–Trinajstić information content (AvgIpc) is 2.99. The maximum Gasteiger partial charge on any atom is 0.253 e. The van der Waals surface area contributed by atoms with Gasteiger partial charge in [-0.2, -0.15) is 0 Å². The zero-order valence-electron chi connectivity index (χ0n) is 22.3. The molecular weight excluding hydrogens is 544 g/mol. The van der Waals surface area contributed by atoms with E-state index >= 15 is 0 Å². The average molecular weight is 573 g/mol. The fourth-order valence-corrected chi connectivity index (χ4v) is 5.24. The zero-order valence-corrected chi connectivity index (χ0v) is 23.1. The van der Waals surface area contributed by atoms with Gasteiger partial charge in [-0.25, -0.2) is 5.48 Å². The molecule has 10 heteroatoms. The first-order valence-electron chi connectivity index (χ1n) is 13.2. The number of carbonyl (C=O) groups excluding carboxylic acids is 3. The van der Waals surface area contributed by atoms with Crippen molar-refractivity contribution in [2.24, 2.45) is 11.8 Å². The number of anilines is 1. The van der Waals surface area contributed by atoms with Crippen LogP contribution < -0.4 is 15.5 Å². The van der Waals surface area contributed by atoms with Crippen molar-refractivity contribution in [3.63, 3.8) is 0 Å². The number of carbonyl (C=O) groups is 3. The summed E-state index contributed by atoms with van der Waals surface area (Å²) in [5.41, 5.74) is 5.46.